The minimum Gasteiger partial charge on any atom is -0.340 e. The zero-order chi connectivity index (χ0) is 21.6. The van der Waals surface area contributed by atoms with E-state index in [0.717, 1.165) is 0 Å². The van der Waals surface area contributed by atoms with Crippen molar-refractivity contribution >= 4 is 29.1 Å². The summed E-state index contributed by atoms with van der Waals surface area (Å²) in [6.07, 6.45) is 0. The fraction of sp³-hybridized carbons (Fsp3) is 0.318. The second kappa shape index (κ2) is 9.82. The molecule has 2 rings (SSSR count). The van der Waals surface area contributed by atoms with Gasteiger partial charge in [0.05, 0.1) is 5.56 Å². The fourth-order valence-electron chi connectivity index (χ4n) is 2.54. The third-order valence-electron chi connectivity index (χ3n) is 4.30. The molecule has 0 aliphatic heterocycles. The average Bonchev–Trinajstić information content (AvgIpc) is 2.67. The summed E-state index contributed by atoms with van der Waals surface area (Å²) in [5, 5.41) is 8.10. The summed E-state index contributed by atoms with van der Waals surface area (Å²) in [5.41, 5.74) is 1.02. The highest BCUT2D eigenvalue weighted by Crippen LogP contribution is 2.16. The molecule has 0 bridgehead atoms. The van der Waals surface area contributed by atoms with Crippen molar-refractivity contribution in [3.63, 3.8) is 0 Å². The Morgan fingerprint density at radius 1 is 0.793 bits per heavy atom. The lowest BCUT2D eigenvalue weighted by Gasteiger charge is -2.22. The quantitative estimate of drug-likeness (QED) is 0.662. The standard InChI is InChI=1S/C22H26FN3O3/c1-13(2)19(26-21(28)17-7-5-6-8-18(17)23)22(29)25-16-11-9-15(10-12-16)24-20(27)14(3)4/h5-14,19H,1-4H3,(H,24,27)(H,25,29)(H,26,28)/t19-/m0/s1. The van der Waals surface area contributed by atoms with Crippen molar-refractivity contribution in [2.75, 3.05) is 10.6 Å². The number of benzene rings is 2. The van der Waals surface area contributed by atoms with Gasteiger partial charge in [-0.3, -0.25) is 14.4 Å². The Kier molecular flexibility index (Phi) is 7.47. The maximum atomic E-state index is 13.8. The van der Waals surface area contributed by atoms with E-state index in [4.69, 9.17) is 0 Å². The first-order valence-electron chi connectivity index (χ1n) is 9.46. The second-order valence-corrected chi connectivity index (χ2v) is 7.39. The predicted octanol–water partition coefficient (Wildman–Crippen LogP) is 3.81. The highest BCUT2D eigenvalue weighted by atomic mass is 19.1. The lowest BCUT2D eigenvalue weighted by molar-refractivity contribution is -0.119. The van der Waals surface area contributed by atoms with E-state index >= 15 is 0 Å². The van der Waals surface area contributed by atoms with E-state index < -0.39 is 23.7 Å². The topological polar surface area (TPSA) is 87.3 Å². The number of carbonyl (C=O) groups is 3. The number of carbonyl (C=O) groups excluding carboxylic acids is 3. The lowest BCUT2D eigenvalue weighted by Crippen LogP contribution is -2.47. The van der Waals surface area contributed by atoms with Crippen LogP contribution in [0.2, 0.25) is 0 Å². The first-order valence-corrected chi connectivity index (χ1v) is 9.46. The Morgan fingerprint density at radius 3 is 1.79 bits per heavy atom. The molecule has 2 aromatic carbocycles. The summed E-state index contributed by atoms with van der Waals surface area (Å²) in [6, 6.07) is 11.4. The van der Waals surface area contributed by atoms with Crippen LogP contribution in [0.5, 0.6) is 0 Å². The molecule has 6 nitrogen and oxygen atoms in total. The van der Waals surface area contributed by atoms with Crippen LogP contribution in [-0.2, 0) is 9.59 Å². The van der Waals surface area contributed by atoms with Gasteiger partial charge in [0.2, 0.25) is 11.8 Å². The van der Waals surface area contributed by atoms with Gasteiger partial charge < -0.3 is 16.0 Å². The van der Waals surface area contributed by atoms with Crippen molar-refractivity contribution in [2.45, 2.75) is 33.7 Å². The van der Waals surface area contributed by atoms with Gasteiger partial charge >= 0.3 is 0 Å². The van der Waals surface area contributed by atoms with Crippen LogP contribution in [0.25, 0.3) is 0 Å². The van der Waals surface area contributed by atoms with Crippen LogP contribution in [0.1, 0.15) is 38.1 Å². The maximum Gasteiger partial charge on any atom is 0.254 e. The van der Waals surface area contributed by atoms with Crippen molar-refractivity contribution in [1.82, 2.24) is 5.32 Å². The van der Waals surface area contributed by atoms with Crippen LogP contribution in [0.4, 0.5) is 15.8 Å². The lowest BCUT2D eigenvalue weighted by atomic mass is 10.0. The van der Waals surface area contributed by atoms with Gasteiger partial charge in [-0.15, -0.1) is 0 Å². The molecule has 0 heterocycles. The molecule has 3 N–H and O–H groups in total. The summed E-state index contributed by atoms with van der Waals surface area (Å²) < 4.78 is 13.8. The number of rotatable bonds is 7. The Bertz CT molecular complexity index is 879. The van der Waals surface area contributed by atoms with E-state index in [1.165, 1.54) is 18.2 Å². The van der Waals surface area contributed by atoms with Gasteiger partial charge in [-0.1, -0.05) is 39.8 Å². The van der Waals surface area contributed by atoms with E-state index in [1.807, 2.05) is 0 Å². The molecular formula is C22H26FN3O3. The summed E-state index contributed by atoms with van der Waals surface area (Å²) in [6.45, 7) is 7.17. The normalized spacial score (nSPS) is 11.8. The van der Waals surface area contributed by atoms with Crippen LogP contribution in [0.3, 0.4) is 0 Å². The molecule has 154 valence electrons. The van der Waals surface area contributed by atoms with Crippen molar-refractivity contribution < 1.29 is 18.8 Å². The zero-order valence-electron chi connectivity index (χ0n) is 17.0. The van der Waals surface area contributed by atoms with Crippen LogP contribution in [0.15, 0.2) is 48.5 Å². The average molecular weight is 399 g/mol. The number of amides is 3. The van der Waals surface area contributed by atoms with E-state index in [9.17, 15) is 18.8 Å². The molecule has 7 heteroatoms. The SMILES string of the molecule is CC(C)C(=O)Nc1ccc(NC(=O)[C@@H](NC(=O)c2ccccc2F)C(C)C)cc1. The number of nitrogens with one attached hydrogen (secondary N) is 3. The van der Waals surface area contributed by atoms with Crippen LogP contribution >= 0.6 is 0 Å². The molecule has 0 spiro atoms. The van der Waals surface area contributed by atoms with Crippen LogP contribution in [0, 0.1) is 17.7 Å². The monoisotopic (exact) mass is 399 g/mol. The molecule has 0 radical (unpaired) electrons. The van der Waals surface area contributed by atoms with Crippen molar-refractivity contribution in [2.24, 2.45) is 11.8 Å². The molecule has 0 aliphatic carbocycles. The van der Waals surface area contributed by atoms with E-state index in [-0.39, 0.29) is 23.3 Å². The third-order valence-corrected chi connectivity index (χ3v) is 4.30. The minimum atomic E-state index is -0.845. The number of hydrogen-bond acceptors (Lipinski definition) is 3. The molecule has 0 aliphatic rings. The van der Waals surface area contributed by atoms with E-state index in [1.54, 1.807) is 58.0 Å². The fourth-order valence-corrected chi connectivity index (χ4v) is 2.54. The van der Waals surface area contributed by atoms with Gasteiger partial charge in [0, 0.05) is 17.3 Å². The predicted molar refractivity (Wildman–Crippen MR) is 111 cm³/mol. The Morgan fingerprint density at radius 2 is 1.31 bits per heavy atom. The molecule has 0 fully saturated rings. The number of hydrogen-bond donors (Lipinski definition) is 3. The summed E-state index contributed by atoms with van der Waals surface area (Å²) in [7, 11) is 0. The molecule has 1 atom stereocenters. The molecular weight excluding hydrogens is 373 g/mol. The molecule has 0 saturated heterocycles. The van der Waals surface area contributed by atoms with Crippen molar-refractivity contribution in [1.29, 1.82) is 0 Å². The van der Waals surface area contributed by atoms with E-state index in [0.29, 0.717) is 11.4 Å². The van der Waals surface area contributed by atoms with Gasteiger partial charge in [-0.2, -0.15) is 0 Å². The number of anilines is 2. The Balaban J connectivity index is 2.05. The first kappa shape index (κ1) is 22.1. The summed E-state index contributed by atoms with van der Waals surface area (Å²) in [5.74, 6) is -2.16. The zero-order valence-corrected chi connectivity index (χ0v) is 17.0. The third kappa shape index (κ3) is 6.14. The molecule has 3 amide bonds. The summed E-state index contributed by atoms with van der Waals surface area (Å²) >= 11 is 0. The maximum absolute atomic E-state index is 13.8. The van der Waals surface area contributed by atoms with Gasteiger partial charge in [0.1, 0.15) is 11.9 Å². The van der Waals surface area contributed by atoms with Gasteiger partial charge in [-0.25, -0.2) is 4.39 Å². The second-order valence-electron chi connectivity index (χ2n) is 7.39. The molecule has 0 unspecified atom stereocenters. The highest BCUT2D eigenvalue weighted by Gasteiger charge is 2.25. The number of halogens is 1. The molecule has 29 heavy (non-hydrogen) atoms. The highest BCUT2D eigenvalue weighted by molar-refractivity contribution is 6.01. The first-order chi connectivity index (χ1) is 13.7. The van der Waals surface area contributed by atoms with Crippen LogP contribution in [-0.4, -0.2) is 23.8 Å². The Labute approximate surface area is 169 Å². The van der Waals surface area contributed by atoms with E-state index in [2.05, 4.69) is 16.0 Å². The molecule has 2 aromatic rings. The minimum absolute atomic E-state index is 0.0995. The summed E-state index contributed by atoms with van der Waals surface area (Å²) in [4.78, 5) is 36.8. The van der Waals surface area contributed by atoms with Crippen molar-refractivity contribution in [3.8, 4) is 0 Å². The van der Waals surface area contributed by atoms with Crippen molar-refractivity contribution in [3.05, 3.63) is 59.9 Å². The molecule has 0 saturated carbocycles. The van der Waals surface area contributed by atoms with Gasteiger partial charge in [0.25, 0.3) is 5.91 Å². The largest absolute Gasteiger partial charge is 0.340 e. The smallest absolute Gasteiger partial charge is 0.254 e. The van der Waals surface area contributed by atoms with Gasteiger partial charge in [0.15, 0.2) is 0 Å². The van der Waals surface area contributed by atoms with Gasteiger partial charge in [-0.05, 0) is 42.3 Å². The molecule has 0 aromatic heterocycles. The van der Waals surface area contributed by atoms with Crippen LogP contribution < -0.4 is 16.0 Å². The Hall–Kier alpha value is -3.22.